The fourth-order valence-corrected chi connectivity index (χ4v) is 5.72. The minimum Gasteiger partial charge on any atom is -0.326 e. The van der Waals surface area contributed by atoms with Crippen LogP contribution < -0.4 is 0 Å². The predicted molar refractivity (Wildman–Crippen MR) is 138 cm³/mol. The zero-order valence-electron chi connectivity index (χ0n) is 18.6. The summed E-state index contributed by atoms with van der Waals surface area (Å²) in [6.07, 6.45) is 1.77. The van der Waals surface area contributed by atoms with Crippen LogP contribution in [0.1, 0.15) is 20.8 Å². The Morgan fingerprint density at radius 1 is 0.943 bits per heavy atom. The van der Waals surface area contributed by atoms with Crippen LogP contribution >= 0.6 is 11.3 Å². The maximum absolute atomic E-state index is 13.2. The van der Waals surface area contributed by atoms with Crippen molar-refractivity contribution in [1.29, 1.82) is 10.5 Å². The molecule has 2 aromatic heterocycles. The van der Waals surface area contributed by atoms with Gasteiger partial charge in [0.25, 0.3) is 0 Å². The molecule has 1 aliphatic carbocycles. The number of aryl methyl sites for hydroxylation is 1. The maximum atomic E-state index is 13.2. The van der Waals surface area contributed by atoms with E-state index in [0.29, 0.717) is 22.3 Å². The topological polar surface area (TPSA) is 82.5 Å². The number of nitrogens with zero attached hydrogens (tertiary/aromatic N) is 4. The van der Waals surface area contributed by atoms with E-state index < -0.39 is 0 Å². The number of ketones is 1. The molecule has 0 unspecified atom stereocenters. The summed E-state index contributed by atoms with van der Waals surface area (Å²) in [5.74, 6) is 0.698. The van der Waals surface area contributed by atoms with Crippen molar-refractivity contribution in [2.75, 3.05) is 0 Å². The van der Waals surface area contributed by atoms with E-state index in [2.05, 4.69) is 28.8 Å². The monoisotopic (exact) mass is 468 g/mol. The highest BCUT2D eigenvalue weighted by molar-refractivity contribution is 7.19. The average Bonchev–Trinajstić information content (AvgIpc) is 3.51. The molecule has 0 saturated carbocycles. The van der Waals surface area contributed by atoms with E-state index in [4.69, 9.17) is 4.98 Å². The Hall–Kier alpha value is -4.78. The van der Waals surface area contributed by atoms with Crippen LogP contribution in [0.2, 0.25) is 0 Å². The van der Waals surface area contributed by atoms with Crippen LogP contribution in [0, 0.1) is 22.7 Å². The molecule has 0 atom stereocenters. The second-order valence-electron chi connectivity index (χ2n) is 8.27. The number of aromatic nitrogens is 2. The standard InChI is InChI=1S/C29H16N4OS/c1-33-25-14-19(13-24-26(18(15-30)16-31)21-10-4-5-11-22(21)27(24)34)35-29(25)32-28(33)23-12-6-8-17-7-2-3-9-20(17)23/h2-14H,1H3/b24-13-. The van der Waals surface area contributed by atoms with Gasteiger partial charge in [-0.1, -0.05) is 66.7 Å². The summed E-state index contributed by atoms with van der Waals surface area (Å²) in [6, 6.07) is 27.5. The zero-order chi connectivity index (χ0) is 24.1. The molecule has 0 spiro atoms. The molecule has 0 N–H and O–H groups in total. The molecule has 0 saturated heterocycles. The number of carbonyl (C=O) groups is 1. The third kappa shape index (κ3) is 3.13. The van der Waals surface area contributed by atoms with Crippen LogP contribution in [-0.2, 0) is 7.05 Å². The smallest absolute Gasteiger partial charge is 0.194 e. The summed E-state index contributed by atoms with van der Waals surface area (Å²) < 4.78 is 2.06. The van der Waals surface area contributed by atoms with E-state index in [-0.39, 0.29) is 11.4 Å². The SMILES string of the molecule is Cn1c(-c2cccc3ccccc23)nc2sc(/C=C3\C(=O)c4ccccc4C3=C(C#N)C#N)cc21. The first-order valence-electron chi connectivity index (χ1n) is 11.0. The van der Waals surface area contributed by atoms with Crippen LogP contribution in [0.15, 0.2) is 83.9 Å². The molecule has 0 amide bonds. The van der Waals surface area contributed by atoms with Crippen LogP contribution in [0.4, 0.5) is 0 Å². The molecule has 3 aromatic carbocycles. The predicted octanol–water partition coefficient (Wildman–Crippen LogP) is 6.54. The molecule has 0 fully saturated rings. The third-order valence-corrected chi connectivity index (χ3v) is 7.31. The Morgan fingerprint density at radius 2 is 1.63 bits per heavy atom. The van der Waals surface area contributed by atoms with Gasteiger partial charge in [0.15, 0.2) is 5.78 Å². The number of allylic oxidation sites excluding steroid dienone is 3. The van der Waals surface area contributed by atoms with Crippen molar-refractivity contribution in [2.24, 2.45) is 7.05 Å². The zero-order valence-corrected chi connectivity index (χ0v) is 19.4. The van der Waals surface area contributed by atoms with E-state index >= 15 is 0 Å². The lowest BCUT2D eigenvalue weighted by Crippen LogP contribution is -1.95. The Balaban J connectivity index is 1.49. The van der Waals surface area contributed by atoms with Gasteiger partial charge in [-0.05, 0) is 28.5 Å². The second-order valence-corrected chi connectivity index (χ2v) is 9.33. The molecule has 0 bridgehead atoms. The summed E-state index contributed by atoms with van der Waals surface area (Å²) in [6.45, 7) is 0. The molecule has 2 heterocycles. The van der Waals surface area contributed by atoms with Gasteiger partial charge in [-0.2, -0.15) is 10.5 Å². The number of Topliss-reactive ketones (excluding diaryl/α,β-unsaturated/α-hetero) is 1. The second kappa shape index (κ2) is 7.92. The van der Waals surface area contributed by atoms with Crippen LogP contribution in [0.3, 0.4) is 0 Å². The van der Waals surface area contributed by atoms with Crippen molar-refractivity contribution in [2.45, 2.75) is 0 Å². The van der Waals surface area contributed by atoms with Crippen molar-refractivity contribution in [3.63, 3.8) is 0 Å². The molecular formula is C29H16N4OS. The quantitative estimate of drug-likeness (QED) is 0.218. The Labute approximate surface area is 205 Å². The number of hydrogen-bond acceptors (Lipinski definition) is 5. The van der Waals surface area contributed by atoms with Gasteiger partial charge in [0.05, 0.1) is 5.52 Å². The summed E-state index contributed by atoms with van der Waals surface area (Å²) >= 11 is 1.48. The summed E-state index contributed by atoms with van der Waals surface area (Å²) in [4.78, 5) is 19.8. The van der Waals surface area contributed by atoms with E-state index in [9.17, 15) is 15.3 Å². The van der Waals surface area contributed by atoms with Crippen molar-refractivity contribution in [1.82, 2.24) is 9.55 Å². The molecule has 35 heavy (non-hydrogen) atoms. The van der Waals surface area contributed by atoms with Gasteiger partial charge in [-0.15, -0.1) is 11.3 Å². The first-order valence-corrected chi connectivity index (χ1v) is 11.8. The highest BCUT2D eigenvalue weighted by atomic mass is 32.1. The van der Waals surface area contributed by atoms with Gasteiger partial charge in [-0.25, -0.2) is 4.98 Å². The largest absolute Gasteiger partial charge is 0.326 e. The molecule has 164 valence electrons. The molecule has 0 radical (unpaired) electrons. The summed E-state index contributed by atoms with van der Waals surface area (Å²) in [5, 5.41) is 21.4. The Morgan fingerprint density at radius 3 is 2.40 bits per heavy atom. The molecule has 0 aliphatic heterocycles. The number of carbonyl (C=O) groups excluding carboxylic acids is 1. The van der Waals surface area contributed by atoms with Crippen molar-refractivity contribution in [3.8, 4) is 23.5 Å². The number of nitriles is 2. The molecular weight excluding hydrogens is 452 g/mol. The fourth-order valence-electron chi connectivity index (χ4n) is 4.72. The number of rotatable bonds is 2. The van der Waals surface area contributed by atoms with Gasteiger partial charge in [0.1, 0.15) is 28.4 Å². The lowest BCUT2D eigenvalue weighted by atomic mass is 9.99. The third-order valence-electron chi connectivity index (χ3n) is 6.34. The first-order chi connectivity index (χ1) is 17.1. The first kappa shape index (κ1) is 20.8. The number of hydrogen-bond donors (Lipinski definition) is 0. The normalized spacial score (nSPS) is 13.9. The Bertz CT molecular complexity index is 1830. The number of benzene rings is 3. The van der Waals surface area contributed by atoms with Gasteiger partial charge in [0, 0.05) is 34.2 Å². The van der Waals surface area contributed by atoms with E-state index in [1.54, 1.807) is 30.3 Å². The van der Waals surface area contributed by atoms with E-state index in [1.807, 2.05) is 43.5 Å². The minimum atomic E-state index is -0.180. The van der Waals surface area contributed by atoms with Gasteiger partial charge in [0.2, 0.25) is 0 Å². The lowest BCUT2D eigenvalue weighted by Gasteiger charge is -2.07. The minimum absolute atomic E-state index is 0.0629. The number of imidazole rings is 1. The average molecular weight is 469 g/mol. The highest BCUT2D eigenvalue weighted by Gasteiger charge is 2.32. The molecule has 6 rings (SSSR count). The van der Waals surface area contributed by atoms with Gasteiger partial charge in [-0.3, -0.25) is 4.79 Å². The van der Waals surface area contributed by atoms with Crippen LogP contribution in [0.5, 0.6) is 0 Å². The van der Waals surface area contributed by atoms with Crippen LogP contribution in [-0.4, -0.2) is 15.3 Å². The van der Waals surface area contributed by atoms with Gasteiger partial charge < -0.3 is 4.57 Å². The highest BCUT2D eigenvalue weighted by Crippen LogP contribution is 2.41. The lowest BCUT2D eigenvalue weighted by molar-refractivity contribution is 0.104. The molecule has 6 heteroatoms. The van der Waals surface area contributed by atoms with Crippen molar-refractivity contribution in [3.05, 3.63) is 99.9 Å². The number of thiophene rings is 1. The van der Waals surface area contributed by atoms with E-state index in [1.165, 1.54) is 11.3 Å². The summed E-state index contributed by atoms with van der Waals surface area (Å²) in [5.41, 5.74) is 3.86. The Kier molecular flexibility index (Phi) is 4.70. The maximum Gasteiger partial charge on any atom is 0.194 e. The molecule has 5 aromatic rings. The fraction of sp³-hybridized carbons (Fsp3) is 0.0345. The van der Waals surface area contributed by atoms with Crippen molar-refractivity contribution >= 4 is 49.9 Å². The van der Waals surface area contributed by atoms with Gasteiger partial charge >= 0.3 is 0 Å². The molecule has 1 aliphatic rings. The van der Waals surface area contributed by atoms with Crippen LogP contribution in [0.25, 0.3) is 44.2 Å². The van der Waals surface area contributed by atoms with E-state index in [0.717, 1.165) is 37.4 Å². The van der Waals surface area contributed by atoms with Crippen molar-refractivity contribution < 1.29 is 4.79 Å². The molecule has 5 nitrogen and oxygen atoms in total. The summed E-state index contributed by atoms with van der Waals surface area (Å²) in [7, 11) is 1.99. The number of fused-ring (bicyclic) bond motifs is 3.